The molecule has 1 aliphatic heterocycles. The van der Waals surface area contributed by atoms with E-state index in [1.807, 2.05) is 6.20 Å². The minimum absolute atomic E-state index is 0.133. The van der Waals surface area contributed by atoms with Crippen molar-refractivity contribution in [3.63, 3.8) is 0 Å². The van der Waals surface area contributed by atoms with E-state index in [0.29, 0.717) is 12.3 Å². The topological polar surface area (TPSA) is 59.5 Å². The number of rotatable bonds is 5. The molecule has 0 saturated carbocycles. The first-order valence-corrected chi connectivity index (χ1v) is 10.2. The molecule has 29 heavy (non-hydrogen) atoms. The van der Waals surface area contributed by atoms with Crippen LogP contribution < -0.4 is 15.0 Å². The molecule has 0 amide bonds. The quantitative estimate of drug-likeness (QED) is 0.831. The highest BCUT2D eigenvalue weighted by molar-refractivity contribution is 5.37. The van der Waals surface area contributed by atoms with Crippen molar-refractivity contribution < 1.29 is 13.9 Å². The number of nitrogens with zero attached hydrogens (tertiary/aromatic N) is 3. The van der Waals surface area contributed by atoms with Gasteiger partial charge in [-0.1, -0.05) is 19.9 Å². The highest BCUT2D eigenvalue weighted by Crippen LogP contribution is 2.40. The Kier molecular flexibility index (Phi) is 5.69. The summed E-state index contributed by atoms with van der Waals surface area (Å²) in [5, 5.41) is 3.63. The molecule has 7 heteroatoms. The molecular formula is C22H29FN4O2. The first-order chi connectivity index (χ1) is 13.9. The average molecular weight is 400 g/mol. The Morgan fingerprint density at radius 1 is 1.31 bits per heavy atom. The monoisotopic (exact) mass is 400 g/mol. The van der Waals surface area contributed by atoms with Gasteiger partial charge in [-0.05, 0) is 24.3 Å². The van der Waals surface area contributed by atoms with E-state index in [2.05, 4.69) is 29.0 Å². The van der Waals surface area contributed by atoms with Crippen molar-refractivity contribution >= 4 is 5.95 Å². The van der Waals surface area contributed by atoms with Crippen molar-refractivity contribution in [2.45, 2.75) is 39.3 Å². The number of fused-ring (bicyclic) bond motifs is 1. The number of anilines is 1. The van der Waals surface area contributed by atoms with E-state index < -0.39 is 0 Å². The molecule has 2 aliphatic rings. The summed E-state index contributed by atoms with van der Waals surface area (Å²) in [6, 6.07) is 4.81. The number of methoxy groups -OCH3 is 1. The summed E-state index contributed by atoms with van der Waals surface area (Å²) >= 11 is 0. The van der Waals surface area contributed by atoms with Gasteiger partial charge < -0.3 is 19.7 Å². The van der Waals surface area contributed by atoms with Gasteiger partial charge in [-0.2, -0.15) is 0 Å². The first-order valence-electron chi connectivity index (χ1n) is 10.2. The summed E-state index contributed by atoms with van der Waals surface area (Å²) in [6.07, 6.45) is 3.89. The number of ether oxygens (including phenoxy) is 2. The zero-order chi connectivity index (χ0) is 20.4. The Hall–Kier alpha value is -2.25. The molecule has 1 aromatic carbocycles. The molecular weight excluding hydrogens is 371 g/mol. The molecule has 6 nitrogen and oxygen atoms in total. The highest BCUT2D eigenvalue weighted by Gasteiger charge is 2.34. The molecule has 2 heterocycles. The minimum atomic E-state index is -0.293. The number of aromatic nitrogens is 2. The van der Waals surface area contributed by atoms with Gasteiger partial charge in [0.1, 0.15) is 11.6 Å². The van der Waals surface area contributed by atoms with Gasteiger partial charge in [0.15, 0.2) is 0 Å². The number of halogens is 1. The summed E-state index contributed by atoms with van der Waals surface area (Å²) in [5.41, 5.74) is 3.34. The van der Waals surface area contributed by atoms with Gasteiger partial charge in [0.25, 0.3) is 0 Å². The molecule has 1 atom stereocenters. The van der Waals surface area contributed by atoms with E-state index in [4.69, 9.17) is 14.5 Å². The van der Waals surface area contributed by atoms with Crippen molar-refractivity contribution in [3.8, 4) is 5.75 Å². The van der Waals surface area contributed by atoms with Crippen LogP contribution >= 0.6 is 0 Å². The van der Waals surface area contributed by atoms with Crippen LogP contribution in [0.1, 0.15) is 43.1 Å². The lowest BCUT2D eigenvalue weighted by Crippen LogP contribution is -2.39. The number of hydrogen-bond donors (Lipinski definition) is 1. The van der Waals surface area contributed by atoms with Gasteiger partial charge in [-0.3, -0.25) is 0 Å². The van der Waals surface area contributed by atoms with Crippen LogP contribution in [0.3, 0.4) is 0 Å². The standard InChI is InChI=1S/C22H29FN4O2/c1-22(2)11-18(24-13-15-4-5-16(23)10-20(15)28-3)17-14-25-21(26-19(17)12-22)27-6-8-29-9-7-27/h4-5,10,14,18,24H,6-9,11-13H2,1-3H3. The fourth-order valence-corrected chi connectivity index (χ4v) is 4.23. The van der Waals surface area contributed by atoms with Gasteiger partial charge in [0, 0.05) is 49.1 Å². The summed E-state index contributed by atoms with van der Waals surface area (Å²) in [6.45, 7) is 8.24. The van der Waals surface area contributed by atoms with E-state index >= 15 is 0 Å². The van der Waals surface area contributed by atoms with Crippen LogP contribution in [0.5, 0.6) is 5.75 Å². The fraction of sp³-hybridized carbons (Fsp3) is 0.545. The smallest absolute Gasteiger partial charge is 0.225 e. The third kappa shape index (κ3) is 4.51. The predicted molar refractivity (Wildman–Crippen MR) is 110 cm³/mol. The predicted octanol–water partition coefficient (Wildman–Crippen LogP) is 3.26. The second-order valence-electron chi connectivity index (χ2n) is 8.61. The van der Waals surface area contributed by atoms with Crippen LogP contribution in [0.15, 0.2) is 24.4 Å². The van der Waals surface area contributed by atoms with Gasteiger partial charge in [-0.25, -0.2) is 14.4 Å². The second kappa shape index (κ2) is 8.24. The third-order valence-corrected chi connectivity index (χ3v) is 5.75. The number of nitrogens with one attached hydrogen (secondary N) is 1. The van der Waals surface area contributed by atoms with E-state index in [1.54, 1.807) is 13.2 Å². The maximum atomic E-state index is 13.5. The van der Waals surface area contributed by atoms with Gasteiger partial charge in [0.2, 0.25) is 5.95 Å². The molecule has 2 aromatic rings. The van der Waals surface area contributed by atoms with Crippen molar-refractivity contribution in [1.82, 2.24) is 15.3 Å². The number of benzene rings is 1. The molecule has 156 valence electrons. The summed E-state index contributed by atoms with van der Waals surface area (Å²) < 4.78 is 24.3. The molecule has 4 rings (SSSR count). The Morgan fingerprint density at radius 3 is 2.86 bits per heavy atom. The van der Waals surface area contributed by atoms with E-state index in [0.717, 1.165) is 61.9 Å². The van der Waals surface area contributed by atoms with E-state index in [9.17, 15) is 4.39 Å². The highest BCUT2D eigenvalue weighted by atomic mass is 19.1. The summed E-state index contributed by atoms with van der Waals surface area (Å²) in [5.74, 6) is 1.06. The van der Waals surface area contributed by atoms with Crippen molar-refractivity contribution in [3.05, 3.63) is 47.0 Å². The zero-order valence-electron chi connectivity index (χ0n) is 17.4. The molecule has 0 bridgehead atoms. The maximum absolute atomic E-state index is 13.5. The van der Waals surface area contributed by atoms with Crippen LogP contribution in [0.25, 0.3) is 0 Å². The molecule has 1 aliphatic carbocycles. The van der Waals surface area contributed by atoms with Gasteiger partial charge >= 0.3 is 0 Å². The number of morpholine rings is 1. The fourth-order valence-electron chi connectivity index (χ4n) is 4.23. The first kappa shape index (κ1) is 20.0. The molecule has 1 aromatic heterocycles. The minimum Gasteiger partial charge on any atom is -0.496 e. The second-order valence-corrected chi connectivity index (χ2v) is 8.61. The van der Waals surface area contributed by atoms with Crippen LogP contribution in [0.4, 0.5) is 10.3 Å². The van der Waals surface area contributed by atoms with Gasteiger partial charge in [-0.15, -0.1) is 0 Å². The van der Waals surface area contributed by atoms with E-state index in [-0.39, 0.29) is 17.3 Å². The van der Waals surface area contributed by atoms with Gasteiger partial charge in [0.05, 0.1) is 26.0 Å². The Labute approximate surface area is 171 Å². The van der Waals surface area contributed by atoms with Crippen LogP contribution in [0.2, 0.25) is 0 Å². The zero-order valence-corrected chi connectivity index (χ0v) is 17.4. The van der Waals surface area contributed by atoms with Crippen molar-refractivity contribution in [2.24, 2.45) is 5.41 Å². The average Bonchev–Trinajstić information content (AvgIpc) is 2.72. The summed E-state index contributed by atoms with van der Waals surface area (Å²) in [4.78, 5) is 11.8. The van der Waals surface area contributed by atoms with Crippen LogP contribution in [0, 0.1) is 11.2 Å². The van der Waals surface area contributed by atoms with E-state index in [1.165, 1.54) is 12.1 Å². The van der Waals surface area contributed by atoms with Crippen molar-refractivity contribution in [2.75, 3.05) is 38.3 Å². The Balaban J connectivity index is 1.55. The number of hydrogen-bond acceptors (Lipinski definition) is 6. The third-order valence-electron chi connectivity index (χ3n) is 5.75. The summed E-state index contributed by atoms with van der Waals surface area (Å²) in [7, 11) is 1.57. The lowest BCUT2D eigenvalue weighted by Gasteiger charge is -2.37. The lowest BCUT2D eigenvalue weighted by atomic mass is 9.74. The Bertz CT molecular complexity index is 868. The SMILES string of the molecule is COc1cc(F)ccc1CNC1CC(C)(C)Cc2nc(N3CCOCC3)ncc21. The maximum Gasteiger partial charge on any atom is 0.225 e. The molecule has 0 spiro atoms. The lowest BCUT2D eigenvalue weighted by molar-refractivity contribution is 0.122. The molecule has 1 N–H and O–H groups in total. The molecule has 0 radical (unpaired) electrons. The Morgan fingerprint density at radius 2 is 2.10 bits per heavy atom. The largest absolute Gasteiger partial charge is 0.496 e. The molecule has 1 fully saturated rings. The van der Waals surface area contributed by atoms with Crippen LogP contribution in [-0.4, -0.2) is 43.4 Å². The van der Waals surface area contributed by atoms with Crippen molar-refractivity contribution in [1.29, 1.82) is 0 Å². The normalized spacial score (nSPS) is 21.0. The van der Waals surface area contributed by atoms with Crippen LogP contribution in [-0.2, 0) is 17.7 Å². The molecule has 1 unspecified atom stereocenters. The molecule has 1 saturated heterocycles.